The van der Waals surface area contributed by atoms with Crippen LogP contribution < -0.4 is 0 Å². The van der Waals surface area contributed by atoms with Crippen LogP contribution in [0.5, 0.6) is 0 Å². The highest BCUT2D eigenvalue weighted by molar-refractivity contribution is 5.60. The molecular weight excluding hydrogens is 527 g/mol. The molecule has 0 amide bonds. The first kappa shape index (κ1) is 29.4. The molecule has 0 aliphatic rings. The summed E-state index contributed by atoms with van der Waals surface area (Å²) < 4.78 is 171. The second kappa shape index (κ2) is 9.54. The summed E-state index contributed by atoms with van der Waals surface area (Å²) in [6.45, 7) is 1.92. The first-order chi connectivity index (χ1) is 16.2. The van der Waals surface area contributed by atoms with Crippen LogP contribution in [0.15, 0.2) is 42.7 Å². The molecule has 0 saturated heterocycles. The largest absolute Gasteiger partial charge is 0.460 e. The van der Waals surface area contributed by atoms with Crippen LogP contribution in [0.1, 0.15) is 24.5 Å². The van der Waals surface area contributed by atoms with E-state index in [4.69, 9.17) is 0 Å². The minimum Gasteiger partial charge on any atom is -0.236 e. The van der Waals surface area contributed by atoms with Gasteiger partial charge in [0.2, 0.25) is 0 Å². The molecule has 15 heteroatoms. The zero-order valence-corrected chi connectivity index (χ0v) is 17.8. The molecule has 0 spiro atoms. The smallest absolute Gasteiger partial charge is 0.236 e. The summed E-state index contributed by atoms with van der Waals surface area (Å²) in [5.74, 6) is -37.0. The summed E-state index contributed by atoms with van der Waals surface area (Å²) >= 11 is 0. The van der Waals surface area contributed by atoms with Crippen LogP contribution in [-0.4, -0.2) is 45.8 Å². The average Bonchev–Trinajstić information content (AvgIpc) is 2.77. The quantitative estimate of drug-likeness (QED) is 0.302. The molecule has 1 aromatic carbocycles. The second-order valence-electron chi connectivity index (χ2n) is 7.54. The number of aromatic nitrogens is 2. The minimum absolute atomic E-state index is 0.0685. The van der Waals surface area contributed by atoms with Crippen LogP contribution in [0.25, 0.3) is 17.5 Å². The molecular formula is C21H15F13N2. The van der Waals surface area contributed by atoms with Crippen LogP contribution >= 0.6 is 0 Å². The normalized spacial score (nSPS) is 14.5. The van der Waals surface area contributed by atoms with Gasteiger partial charge in [0, 0.05) is 18.0 Å². The van der Waals surface area contributed by atoms with Crippen molar-refractivity contribution in [1.29, 1.82) is 0 Å². The van der Waals surface area contributed by atoms with Gasteiger partial charge in [-0.05, 0) is 23.6 Å². The summed E-state index contributed by atoms with van der Waals surface area (Å²) in [6.07, 6.45) is -3.83. The summed E-state index contributed by atoms with van der Waals surface area (Å²) in [5, 5.41) is 0. The third-order valence-electron chi connectivity index (χ3n) is 4.86. The molecule has 0 bridgehead atoms. The molecule has 0 aliphatic heterocycles. The highest BCUT2D eigenvalue weighted by atomic mass is 19.4. The molecule has 2 nitrogen and oxygen atoms in total. The van der Waals surface area contributed by atoms with Crippen molar-refractivity contribution in [3.05, 3.63) is 53.9 Å². The highest BCUT2D eigenvalue weighted by Gasteiger charge is 2.90. The number of allylic oxidation sites excluding steroid dienone is 1. The van der Waals surface area contributed by atoms with Crippen molar-refractivity contribution in [3.63, 3.8) is 0 Å². The number of alkyl halides is 13. The Balaban J connectivity index is 2.31. The van der Waals surface area contributed by atoms with Gasteiger partial charge in [-0.1, -0.05) is 43.7 Å². The number of nitrogens with zero attached hydrogens (tertiary/aromatic N) is 2. The van der Waals surface area contributed by atoms with Crippen molar-refractivity contribution in [2.24, 2.45) is 0 Å². The van der Waals surface area contributed by atoms with Gasteiger partial charge < -0.3 is 0 Å². The molecule has 1 heterocycles. The fourth-order valence-corrected chi connectivity index (χ4v) is 2.75. The van der Waals surface area contributed by atoms with E-state index in [0.717, 1.165) is 24.1 Å². The maximum atomic E-state index is 13.8. The average molecular weight is 542 g/mol. The maximum absolute atomic E-state index is 13.8. The van der Waals surface area contributed by atoms with Crippen molar-refractivity contribution in [2.45, 2.75) is 55.6 Å². The molecule has 2 rings (SSSR count). The van der Waals surface area contributed by atoms with Gasteiger partial charge in [0.25, 0.3) is 0 Å². The van der Waals surface area contributed by atoms with Crippen LogP contribution in [0.3, 0.4) is 0 Å². The lowest BCUT2D eigenvalue weighted by atomic mass is 9.93. The van der Waals surface area contributed by atoms with Crippen LogP contribution in [0, 0.1) is 0 Å². The predicted octanol–water partition coefficient (Wildman–Crippen LogP) is 7.85. The molecule has 0 aliphatic carbocycles. The number of benzene rings is 1. The Morgan fingerprint density at radius 3 is 1.58 bits per heavy atom. The van der Waals surface area contributed by atoms with Crippen LogP contribution in [0.4, 0.5) is 57.1 Å². The zero-order chi connectivity index (χ0) is 27.8. The van der Waals surface area contributed by atoms with E-state index in [-0.39, 0.29) is 17.5 Å². The van der Waals surface area contributed by atoms with Crippen molar-refractivity contribution in [2.75, 3.05) is 0 Å². The van der Waals surface area contributed by atoms with Crippen molar-refractivity contribution >= 4 is 6.08 Å². The third-order valence-corrected chi connectivity index (χ3v) is 4.86. The summed E-state index contributed by atoms with van der Waals surface area (Å²) in [7, 11) is 0. The van der Waals surface area contributed by atoms with E-state index in [1.807, 2.05) is 6.92 Å². The molecule has 0 N–H and O–H groups in total. The van der Waals surface area contributed by atoms with Crippen LogP contribution in [-0.2, 0) is 6.42 Å². The van der Waals surface area contributed by atoms with E-state index < -0.39 is 41.9 Å². The Labute approximate surface area is 194 Å². The topological polar surface area (TPSA) is 25.8 Å². The van der Waals surface area contributed by atoms with E-state index >= 15 is 0 Å². The van der Waals surface area contributed by atoms with Crippen molar-refractivity contribution in [3.8, 4) is 11.4 Å². The Hall–Kier alpha value is -2.87. The van der Waals surface area contributed by atoms with Crippen molar-refractivity contribution < 1.29 is 57.1 Å². The first-order valence-electron chi connectivity index (χ1n) is 9.79. The van der Waals surface area contributed by atoms with E-state index in [1.165, 1.54) is 24.5 Å². The summed E-state index contributed by atoms with van der Waals surface area (Å²) in [6, 6.07) is 4.40. The molecule has 0 saturated carbocycles. The first-order valence-corrected chi connectivity index (χ1v) is 9.79. The van der Waals surface area contributed by atoms with Gasteiger partial charge >= 0.3 is 35.8 Å². The number of rotatable bonds is 9. The SMILES string of the molecule is CCCc1cnc(-c2ccc(C=CC(F)(F)C(F)(F)C(F)(F)C(F)(F)C(F)(F)C(F)(F)F)cc2)nc1. The number of hydrogen-bond donors (Lipinski definition) is 0. The molecule has 0 fully saturated rings. The molecule has 0 unspecified atom stereocenters. The fraction of sp³-hybridized carbons (Fsp3) is 0.429. The van der Waals surface area contributed by atoms with E-state index in [2.05, 4.69) is 9.97 Å². The molecule has 36 heavy (non-hydrogen) atoms. The number of aryl methyl sites for hydroxylation is 1. The number of halogens is 13. The molecule has 0 atom stereocenters. The minimum atomic E-state index is -7.92. The van der Waals surface area contributed by atoms with Gasteiger partial charge in [0.05, 0.1) is 0 Å². The Morgan fingerprint density at radius 1 is 0.667 bits per heavy atom. The summed E-state index contributed by atoms with van der Waals surface area (Å²) in [4.78, 5) is 8.12. The van der Waals surface area contributed by atoms with Crippen LogP contribution in [0.2, 0.25) is 0 Å². The zero-order valence-electron chi connectivity index (χ0n) is 17.8. The van der Waals surface area contributed by atoms with Gasteiger partial charge in [-0.15, -0.1) is 0 Å². The Kier molecular flexibility index (Phi) is 7.78. The molecule has 1 aromatic heterocycles. The third kappa shape index (κ3) is 5.01. The predicted molar refractivity (Wildman–Crippen MR) is 101 cm³/mol. The molecule has 2 aromatic rings. The van der Waals surface area contributed by atoms with E-state index in [0.29, 0.717) is 12.0 Å². The lowest BCUT2D eigenvalue weighted by Gasteiger charge is -2.39. The lowest BCUT2D eigenvalue weighted by molar-refractivity contribution is -0.436. The Morgan fingerprint density at radius 2 is 1.14 bits per heavy atom. The monoisotopic (exact) mass is 542 g/mol. The standard InChI is InChI=1S/C21H15F13N2/c1-2-3-13-10-35-15(36-11-13)14-6-4-12(5-7-14)8-9-16(22,23)17(24,25)18(26,27)19(28,29)20(30,31)21(32,33)34/h4-11H,2-3H2,1H3. The van der Waals surface area contributed by atoms with Gasteiger partial charge in [-0.3, -0.25) is 0 Å². The second-order valence-corrected chi connectivity index (χ2v) is 7.54. The van der Waals surface area contributed by atoms with E-state index in [1.54, 1.807) is 0 Å². The highest BCUT2D eigenvalue weighted by Crippen LogP contribution is 2.60. The molecule has 200 valence electrons. The van der Waals surface area contributed by atoms with Gasteiger partial charge in [0.15, 0.2) is 5.82 Å². The van der Waals surface area contributed by atoms with Gasteiger partial charge in [-0.25, -0.2) is 9.97 Å². The maximum Gasteiger partial charge on any atom is 0.460 e. The van der Waals surface area contributed by atoms with Gasteiger partial charge in [0.1, 0.15) is 0 Å². The molecule has 0 radical (unpaired) electrons. The lowest BCUT2D eigenvalue weighted by Crippen LogP contribution is -2.69. The van der Waals surface area contributed by atoms with E-state index in [9.17, 15) is 57.1 Å². The van der Waals surface area contributed by atoms with Gasteiger partial charge in [-0.2, -0.15) is 57.1 Å². The number of hydrogen-bond acceptors (Lipinski definition) is 2. The fourth-order valence-electron chi connectivity index (χ4n) is 2.75. The van der Waals surface area contributed by atoms with Crippen molar-refractivity contribution in [1.82, 2.24) is 9.97 Å². The Bertz CT molecular complexity index is 1060. The summed E-state index contributed by atoms with van der Waals surface area (Å²) in [5.41, 5.74) is 0.764.